The van der Waals surface area contributed by atoms with Gasteiger partial charge in [-0.2, -0.15) is 17.7 Å². The zero-order valence-electron chi connectivity index (χ0n) is 13.3. The normalized spacial score (nSPS) is 11.9. The number of aryl methyl sites for hydroxylation is 2. The Labute approximate surface area is 135 Å². The highest BCUT2D eigenvalue weighted by atomic mass is 19.4. The zero-order chi connectivity index (χ0) is 17.5. The number of anilines is 1. The summed E-state index contributed by atoms with van der Waals surface area (Å²) in [6.45, 7) is 5.69. The third-order valence-electron chi connectivity index (χ3n) is 3.73. The van der Waals surface area contributed by atoms with Gasteiger partial charge < -0.3 is 5.32 Å². The maximum absolute atomic E-state index is 13.0. The molecule has 0 radical (unpaired) electrons. The summed E-state index contributed by atoms with van der Waals surface area (Å²) in [6.07, 6.45) is -4.62. The minimum Gasteiger partial charge on any atom is -0.363 e. The van der Waals surface area contributed by atoms with Gasteiger partial charge in [0.25, 0.3) is 5.82 Å². The largest absolute Gasteiger partial charge is 0.453 e. The molecule has 3 aromatic heterocycles. The Morgan fingerprint density at radius 1 is 1.08 bits per heavy atom. The molecule has 0 spiro atoms. The van der Waals surface area contributed by atoms with E-state index in [1.807, 2.05) is 25.1 Å². The highest BCUT2D eigenvalue weighted by Crippen LogP contribution is 2.29. The fourth-order valence-electron chi connectivity index (χ4n) is 2.35. The highest BCUT2D eigenvalue weighted by molar-refractivity contribution is 5.58. The molecular formula is C15H15F3N6. The van der Waals surface area contributed by atoms with Crippen LogP contribution in [-0.4, -0.2) is 24.8 Å². The van der Waals surface area contributed by atoms with Crippen molar-refractivity contribution < 1.29 is 13.2 Å². The number of nitrogens with one attached hydrogen (secondary N) is 1. The van der Waals surface area contributed by atoms with Gasteiger partial charge in [-0.25, -0.2) is 0 Å². The molecule has 0 aliphatic heterocycles. The molecule has 0 saturated carbocycles. The van der Waals surface area contributed by atoms with Crippen LogP contribution in [0.2, 0.25) is 0 Å². The van der Waals surface area contributed by atoms with Crippen LogP contribution >= 0.6 is 0 Å². The lowest BCUT2D eigenvalue weighted by Gasteiger charge is -2.12. The van der Waals surface area contributed by atoms with Gasteiger partial charge in [0, 0.05) is 11.3 Å². The predicted octanol–water partition coefficient (Wildman–Crippen LogP) is 3.08. The summed E-state index contributed by atoms with van der Waals surface area (Å²) in [5.74, 6) is -0.800. The Kier molecular flexibility index (Phi) is 3.86. The van der Waals surface area contributed by atoms with E-state index in [1.165, 1.54) is 0 Å². The van der Waals surface area contributed by atoms with Gasteiger partial charge in [0.2, 0.25) is 0 Å². The molecule has 0 aliphatic carbocycles. The lowest BCUT2D eigenvalue weighted by molar-refractivity contribution is -0.146. The van der Waals surface area contributed by atoms with Crippen LogP contribution in [0.4, 0.5) is 19.0 Å². The Hall–Kier alpha value is -2.71. The molecule has 126 valence electrons. The minimum atomic E-state index is -4.62. The number of rotatable bonds is 3. The molecule has 1 N–H and O–H groups in total. The van der Waals surface area contributed by atoms with E-state index >= 15 is 0 Å². The van der Waals surface area contributed by atoms with Crippen molar-refractivity contribution in [2.45, 2.75) is 33.5 Å². The number of hydrogen-bond donors (Lipinski definition) is 1. The van der Waals surface area contributed by atoms with Gasteiger partial charge in [0.1, 0.15) is 0 Å². The molecule has 0 aliphatic rings. The van der Waals surface area contributed by atoms with Gasteiger partial charge in [-0.1, -0.05) is 6.07 Å². The molecule has 24 heavy (non-hydrogen) atoms. The van der Waals surface area contributed by atoms with Crippen LogP contribution in [0.5, 0.6) is 0 Å². The Morgan fingerprint density at radius 3 is 2.50 bits per heavy atom. The fourth-order valence-corrected chi connectivity index (χ4v) is 2.35. The maximum atomic E-state index is 13.0. The van der Waals surface area contributed by atoms with Gasteiger partial charge >= 0.3 is 6.18 Å². The first-order valence-corrected chi connectivity index (χ1v) is 7.23. The fraction of sp³-hybridized carbons (Fsp3) is 0.333. The van der Waals surface area contributed by atoms with Crippen molar-refractivity contribution in [3.63, 3.8) is 0 Å². The summed E-state index contributed by atoms with van der Waals surface area (Å²) in [7, 11) is 0. The summed E-state index contributed by atoms with van der Waals surface area (Å²) in [4.78, 5) is 4.35. The monoisotopic (exact) mass is 336 g/mol. The number of pyridine rings is 1. The van der Waals surface area contributed by atoms with Crippen LogP contribution in [-0.2, 0) is 12.7 Å². The van der Waals surface area contributed by atoms with Crippen molar-refractivity contribution >= 4 is 11.5 Å². The standard InChI is InChI=1S/C15H15F3N6/c1-8-5-4-6-11(20-8)7-19-12-9(2)10(3)13-21-22-14(15(16,17)18)24(13)23-12/h4-6H,7H2,1-3H3,(H,19,23). The molecule has 0 fully saturated rings. The zero-order valence-corrected chi connectivity index (χ0v) is 13.3. The van der Waals surface area contributed by atoms with E-state index in [2.05, 4.69) is 25.6 Å². The summed E-state index contributed by atoms with van der Waals surface area (Å²) >= 11 is 0. The molecule has 0 unspecified atom stereocenters. The molecule has 6 nitrogen and oxygen atoms in total. The first-order valence-electron chi connectivity index (χ1n) is 7.23. The van der Waals surface area contributed by atoms with Crippen LogP contribution in [0, 0.1) is 20.8 Å². The van der Waals surface area contributed by atoms with Gasteiger partial charge in [0.15, 0.2) is 11.5 Å². The lowest BCUT2D eigenvalue weighted by Crippen LogP contribution is -2.15. The number of nitrogens with zero attached hydrogens (tertiary/aromatic N) is 5. The van der Waals surface area contributed by atoms with Crippen molar-refractivity contribution in [2.75, 3.05) is 5.32 Å². The molecule has 3 aromatic rings. The van der Waals surface area contributed by atoms with Gasteiger partial charge in [-0.05, 0) is 38.5 Å². The van der Waals surface area contributed by atoms with E-state index in [4.69, 9.17) is 0 Å². The quantitative estimate of drug-likeness (QED) is 0.796. The Balaban J connectivity index is 2.00. The average Bonchev–Trinajstić information content (AvgIpc) is 2.93. The van der Waals surface area contributed by atoms with Crippen molar-refractivity contribution in [3.05, 3.63) is 46.5 Å². The number of halogens is 3. The van der Waals surface area contributed by atoms with E-state index in [0.717, 1.165) is 21.5 Å². The summed E-state index contributed by atoms with van der Waals surface area (Å²) in [5.41, 5.74) is 3.04. The average molecular weight is 336 g/mol. The summed E-state index contributed by atoms with van der Waals surface area (Å²) in [6, 6.07) is 5.58. The minimum absolute atomic E-state index is 0.0963. The third-order valence-corrected chi connectivity index (χ3v) is 3.73. The molecular weight excluding hydrogens is 321 g/mol. The van der Waals surface area contributed by atoms with E-state index < -0.39 is 12.0 Å². The molecule has 3 rings (SSSR count). The topological polar surface area (TPSA) is 68.0 Å². The Morgan fingerprint density at radius 2 is 1.83 bits per heavy atom. The molecule has 0 aromatic carbocycles. The smallest absolute Gasteiger partial charge is 0.363 e. The van der Waals surface area contributed by atoms with Crippen molar-refractivity contribution in [1.29, 1.82) is 0 Å². The van der Waals surface area contributed by atoms with Crippen molar-refractivity contribution in [1.82, 2.24) is 24.8 Å². The number of hydrogen-bond acceptors (Lipinski definition) is 5. The second kappa shape index (κ2) is 5.73. The third kappa shape index (κ3) is 2.89. The number of aromatic nitrogens is 5. The van der Waals surface area contributed by atoms with E-state index in [-0.39, 0.29) is 5.65 Å². The second-order valence-corrected chi connectivity index (χ2v) is 5.48. The first kappa shape index (κ1) is 16.2. The van der Waals surface area contributed by atoms with Crippen LogP contribution in [0.25, 0.3) is 5.65 Å². The van der Waals surface area contributed by atoms with E-state index in [9.17, 15) is 13.2 Å². The first-order chi connectivity index (χ1) is 11.3. The SMILES string of the molecule is Cc1cccc(CNc2nn3c(C(F)(F)F)nnc3c(C)c2C)n1. The van der Waals surface area contributed by atoms with Crippen LogP contribution in [0.15, 0.2) is 18.2 Å². The van der Waals surface area contributed by atoms with Crippen LogP contribution < -0.4 is 5.32 Å². The van der Waals surface area contributed by atoms with Gasteiger partial charge in [-0.3, -0.25) is 4.98 Å². The second-order valence-electron chi connectivity index (χ2n) is 5.48. The van der Waals surface area contributed by atoms with Gasteiger partial charge in [-0.15, -0.1) is 15.3 Å². The predicted molar refractivity (Wildman–Crippen MR) is 81.6 cm³/mol. The highest BCUT2D eigenvalue weighted by Gasteiger charge is 2.38. The molecule has 3 heterocycles. The van der Waals surface area contributed by atoms with Crippen LogP contribution in [0.1, 0.15) is 28.3 Å². The van der Waals surface area contributed by atoms with E-state index in [1.54, 1.807) is 13.8 Å². The molecule has 9 heteroatoms. The van der Waals surface area contributed by atoms with Crippen molar-refractivity contribution in [3.8, 4) is 0 Å². The lowest BCUT2D eigenvalue weighted by atomic mass is 10.2. The number of alkyl halides is 3. The summed E-state index contributed by atoms with van der Waals surface area (Å²) < 4.78 is 39.8. The molecule has 0 atom stereocenters. The van der Waals surface area contributed by atoms with Gasteiger partial charge in [0.05, 0.1) is 12.2 Å². The van der Waals surface area contributed by atoms with Crippen LogP contribution in [0.3, 0.4) is 0 Å². The molecule has 0 bridgehead atoms. The van der Waals surface area contributed by atoms with E-state index in [0.29, 0.717) is 17.9 Å². The summed E-state index contributed by atoms with van der Waals surface area (Å²) in [5, 5.41) is 13.9. The molecule has 0 saturated heterocycles. The van der Waals surface area contributed by atoms with Crippen molar-refractivity contribution in [2.24, 2.45) is 0 Å². The maximum Gasteiger partial charge on any atom is 0.453 e. The molecule has 0 amide bonds. The Bertz CT molecular complexity index is 900. The number of fused-ring (bicyclic) bond motifs is 1.